The summed E-state index contributed by atoms with van der Waals surface area (Å²) in [6.45, 7) is 5.21. The van der Waals surface area contributed by atoms with Gasteiger partial charge in [-0.25, -0.2) is 9.78 Å². The van der Waals surface area contributed by atoms with E-state index in [1.54, 1.807) is 13.3 Å². The van der Waals surface area contributed by atoms with Crippen LogP contribution in [0.25, 0.3) is 11.0 Å². The van der Waals surface area contributed by atoms with Gasteiger partial charge in [0.2, 0.25) is 5.91 Å². The highest BCUT2D eigenvalue weighted by atomic mass is 16.5. The first-order chi connectivity index (χ1) is 16.4. The Balaban J connectivity index is 2.02. The van der Waals surface area contributed by atoms with Crippen molar-refractivity contribution in [3.05, 3.63) is 47.8 Å². The molecular formula is C25H32N4O5. The fourth-order valence-electron chi connectivity index (χ4n) is 3.62. The fourth-order valence-corrected chi connectivity index (χ4v) is 3.62. The van der Waals surface area contributed by atoms with Gasteiger partial charge in [0.15, 0.2) is 5.69 Å². The minimum absolute atomic E-state index is 0.137. The molecule has 0 saturated carbocycles. The number of nitrogens with zero attached hydrogens (tertiary/aromatic N) is 2. The second-order valence-electron chi connectivity index (χ2n) is 8.33. The number of aromatic nitrogens is 2. The van der Waals surface area contributed by atoms with Gasteiger partial charge in [-0.2, -0.15) is 0 Å². The number of pyridine rings is 1. The Hall–Kier alpha value is -3.59. The van der Waals surface area contributed by atoms with E-state index < -0.39 is 5.97 Å². The Labute approximate surface area is 199 Å². The summed E-state index contributed by atoms with van der Waals surface area (Å²) in [7, 11) is 4.39. The molecule has 0 atom stereocenters. The van der Waals surface area contributed by atoms with Gasteiger partial charge < -0.3 is 29.4 Å². The quantitative estimate of drug-likeness (QED) is 0.409. The molecule has 1 amide bonds. The molecule has 0 spiro atoms. The lowest BCUT2D eigenvalue weighted by atomic mass is 10.1. The van der Waals surface area contributed by atoms with Gasteiger partial charge in [0.25, 0.3) is 0 Å². The second kappa shape index (κ2) is 11.5. The lowest BCUT2D eigenvalue weighted by Crippen LogP contribution is -2.20. The van der Waals surface area contributed by atoms with E-state index in [9.17, 15) is 9.59 Å². The van der Waals surface area contributed by atoms with Gasteiger partial charge in [0.1, 0.15) is 18.0 Å². The minimum Gasteiger partial charge on any atom is -0.497 e. The summed E-state index contributed by atoms with van der Waals surface area (Å²) in [6, 6.07) is 9.64. The third-order valence-corrected chi connectivity index (χ3v) is 5.40. The maximum Gasteiger partial charge on any atom is 0.356 e. The molecule has 9 heteroatoms. The number of benzene rings is 1. The number of hydrogen-bond acceptors (Lipinski definition) is 7. The van der Waals surface area contributed by atoms with Crippen LogP contribution in [0.3, 0.4) is 0 Å². The first-order valence-electron chi connectivity index (χ1n) is 11.1. The van der Waals surface area contributed by atoms with Crippen LogP contribution >= 0.6 is 0 Å². The number of esters is 1. The van der Waals surface area contributed by atoms with Crippen molar-refractivity contribution in [1.82, 2.24) is 9.55 Å². The van der Waals surface area contributed by atoms with Crippen LogP contribution in [-0.4, -0.2) is 49.4 Å². The molecule has 0 radical (unpaired) electrons. The van der Waals surface area contributed by atoms with E-state index in [0.29, 0.717) is 35.7 Å². The molecule has 0 bridgehead atoms. The van der Waals surface area contributed by atoms with Crippen LogP contribution in [0.5, 0.6) is 5.75 Å². The van der Waals surface area contributed by atoms with Gasteiger partial charge in [-0.15, -0.1) is 0 Å². The molecule has 1 aromatic carbocycles. The number of carbonyl (C=O) groups is 2. The van der Waals surface area contributed by atoms with Crippen LogP contribution in [0, 0.1) is 5.92 Å². The number of nitrogens with one attached hydrogen (secondary N) is 2. The molecule has 2 N–H and O–H groups in total. The zero-order valence-corrected chi connectivity index (χ0v) is 20.3. The predicted molar refractivity (Wildman–Crippen MR) is 131 cm³/mol. The summed E-state index contributed by atoms with van der Waals surface area (Å²) >= 11 is 0. The van der Waals surface area contributed by atoms with Crippen LogP contribution in [-0.2, 0) is 27.4 Å². The first-order valence-corrected chi connectivity index (χ1v) is 11.1. The number of anilines is 2. The largest absolute Gasteiger partial charge is 0.497 e. The van der Waals surface area contributed by atoms with Gasteiger partial charge in [0, 0.05) is 25.6 Å². The normalized spacial score (nSPS) is 11.0. The molecule has 34 heavy (non-hydrogen) atoms. The lowest BCUT2D eigenvalue weighted by molar-refractivity contribution is -0.119. The Bertz CT molecular complexity index is 1140. The molecule has 3 rings (SSSR count). The van der Waals surface area contributed by atoms with E-state index in [1.807, 2.05) is 34.9 Å². The molecular weight excluding hydrogens is 436 g/mol. The number of rotatable bonds is 11. The average molecular weight is 469 g/mol. The Kier molecular flexibility index (Phi) is 8.48. The molecule has 0 saturated heterocycles. The van der Waals surface area contributed by atoms with Crippen molar-refractivity contribution < 1.29 is 23.8 Å². The van der Waals surface area contributed by atoms with Crippen LogP contribution < -0.4 is 15.4 Å². The van der Waals surface area contributed by atoms with E-state index in [0.717, 1.165) is 23.4 Å². The molecule has 0 aliphatic rings. The molecule has 0 aliphatic heterocycles. The second-order valence-corrected chi connectivity index (χ2v) is 8.33. The monoisotopic (exact) mass is 468 g/mol. The highest BCUT2D eigenvalue weighted by Crippen LogP contribution is 2.33. The minimum atomic E-state index is -0.540. The lowest BCUT2D eigenvalue weighted by Gasteiger charge is -2.12. The van der Waals surface area contributed by atoms with Crippen molar-refractivity contribution in [3.8, 4) is 5.75 Å². The number of ether oxygens (including phenoxy) is 3. The number of carbonyl (C=O) groups excluding carboxylic acids is 2. The summed E-state index contributed by atoms with van der Waals surface area (Å²) in [5, 5.41) is 6.82. The van der Waals surface area contributed by atoms with E-state index >= 15 is 0 Å². The molecule has 3 aromatic rings. The van der Waals surface area contributed by atoms with E-state index in [1.165, 1.54) is 14.2 Å². The van der Waals surface area contributed by atoms with Crippen LogP contribution in [0.4, 0.5) is 11.4 Å². The molecule has 2 aromatic heterocycles. The van der Waals surface area contributed by atoms with Crippen LogP contribution in [0.1, 0.15) is 36.3 Å². The van der Waals surface area contributed by atoms with Crippen molar-refractivity contribution in [2.45, 2.75) is 33.4 Å². The van der Waals surface area contributed by atoms with Crippen LogP contribution in [0.15, 0.2) is 36.5 Å². The number of amides is 1. The van der Waals surface area contributed by atoms with E-state index in [4.69, 9.17) is 14.2 Å². The summed E-state index contributed by atoms with van der Waals surface area (Å²) < 4.78 is 17.0. The average Bonchev–Trinajstić information content (AvgIpc) is 3.13. The van der Waals surface area contributed by atoms with Crippen molar-refractivity contribution in [3.63, 3.8) is 0 Å². The Morgan fingerprint density at radius 1 is 1.12 bits per heavy atom. The molecule has 182 valence electrons. The third-order valence-electron chi connectivity index (χ3n) is 5.40. The first kappa shape index (κ1) is 25.0. The number of hydrogen-bond donors (Lipinski definition) is 2. The number of aryl methyl sites for hydroxylation is 1. The molecule has 0 aliphatic carbocycles. The van der Waals surface area contributed by atoms with Gasteiger partial charge >= 0.3 is 5.97 Å². The summed E-state index contributed by atoms with van der Waals surface area (Å²) in [5.41, 5.74) is 3.06. The fraction of sp³-hybridized carbons (Fsp3) is 0.400. The zero-order valence-electron chi connectivity index (χ0n) is 20.3. The topological polar surface area (TPSA) is 104 Å². The highest BCUT2D eigenvalue weighted by molar-refractivity contribution is 6.11. The number of methoxy groups -OCH3 is 3. The summed E-state index contributed by atoms with van der Waals surface area (Å²) in [6.07, 6.45) is 2.55. The SMILES string of the molecule is COCC(=O)Nc1c(C(=O)OC)n(CCC(C)C)c2ncc(NCc3ccc(OC)cc3)cc12. The van der Waals surface area contributed by atoms with Gasteiger partial charge in [0.05, 0.1) is 31.8 Å². The Morgan fingerprint density at radius 2 is 1.85 bits per heavy atom. The molecule has 2 heterocycles. The third kappa shape index (κ3) is 5.85. The van der Waals surface area contributed by atoms with Crippen molar-refractivity contribution >= 4 is 34.3 Å². The standard InChI is InChI=1S/C25H32N4O5/c1-16(2)10-11-29-23(25(31)34-5)22(28-21(30)15-32-3)20-12-18(14-27-24(20)29)26-13-17-6-8-19(33-4)9-7-17/h6-9,12,14,16,26H,10-11,13,15H2,1-5H3,(H,28,30). The van der Waals surface area contributed by atoms with Gasteiger partial charge in [-0.1, -0.05) is 26.0 Å². The molecule has 9 nitrogen and oxygen atoms in total. The summed E-state index contributed by atoms with van der Waals surface area (Å²) in [4.78, 5) is 29.8. The maximum atomic E-state index is 12.8. The smallest absolute Gasteiger partial charge is 0.356 e. The van der Waals surface area contributed by atoms with Gasteiger partial charge in [-0.3, -0.25) is 4.79 Å². The van der Waals surface area contributed by atoms with Crippen LogP contribution in [0.2, 0.25) is 0 Å². The van der Waals surface area contributed by atoms with Crippen molar-refractivity contribution in [2.24, 2.45) is 5.92 Å². The zero-order chi connectivity index (χ0) is 24.7. The number of fused-ring (bicyclic) bond motifs is 1. The molecule has 0 fully saturated rings. The highest BCUT2D eigenvalue weighted by Gasteiger charge is 2.26. The molecule has 0 unspecified atom stereocenters. The van der Waals surface area contributed by atoms with Gasteiger partial charge in [-0.05, 0) is 36.1 Å². The van der Waals surface area contributed by atoms with Crippen molar-refractivity contribution in [1.29, 1.82) is 0 Å². The maximum absolute atomic E-state index is 12.8. The summed E-state index contributed by atoms with van der Waals surface area (Å²) in [5.74, 6) is 0.302. The predicted octanol–water partition coefficient (Wildman–Crippen LogP) is 4.07. The van der Waals surface area contributed by atoms with E-state index in [-0.39, 0.29) is 18.2 Å². The van der Waals surface area contributed by atoms with Crippen molar-refractivity contribution in [2.75, 3.05) is 38.6 Å². The Morgan fingerprint density at radius 3 is 2.47 bits per heavy atom. The van der Waals surface area contributed by atoms with E-state index in [2.05, 4.69) is 29.5 Å².